The first-order valence-corrected chi connectivity index (χ1v) is 6.77. The van der Waals surface area contributed by atoms with Crippen LogP contribution in [0.5, 0.6) is 0 Å². The molecule has 0 spiro atoms. The van der Waals surface area contributed by atoms with Crippen LogP contribution in [0.25, 0.3) is 11.3 Å². The molecule has 4 heteroatoms. The van der Waals surface area contributed by atoms with E-state index >= 15 is 0 Å². The maximum Gasteiger partial charge on any atom is 0.253 e. The Bertz CT molecular complexity index is 575. The van der Waals surface area contributed by atoms with Crippen LogP contribution >= 0.6 is 0 Å². The van der Waals surface area contributed by atoms with Crippen molar-refractivity contribution in [3.05, 3.63) is 48.7 Å². The third kappa shape index (κ3) is 2.86. The summed E-state index contributed by atoms with van der Waals surface area (Å²) in [7, 11) is 0. The van der Waals surface area contributed by atoms with Crippen LogP contribution in [0.15, 0.2) is 48.7 Å². The summed E-state index contributed by atoms with van der Waals surface area (Å²) in [6, 6.07) is 13.7. The van der Waals surface area contributed by atoms with Gasteiger partial charge >= 0.3 is 0 Å². The molecule has 1 amide bonds. The van der Waals surface area contributed by atoms with Crippen molar-refractivity contribution in [1.29, 1.82) is 0 Å². The van der Waals surface area contributed by atoms with E-state index in [0.29, 0.717) is 12.3 Å². The van der Waals surface area contributed by atoms with Crippen LogP contribution < -0.4 is 5.32 Å². The lowest BCUT2D eigenvalue weighted by Gasteiger charge is -2.10. The van der Waals surface area contributed by atoms with Crippen LogP contribution in [0.1, 0.15) is 12.8 Å². The van der Waals surface area contributed by atoms with E-state index in [9.17, 15) is 4.79 Å². The second kappa shape index (κ2) is 5.84. The number of nitrogens with zero attached hydrogens (tertiary/aromatic N) is 1. The van der Waals surface area contributed by atoms with Gasteiger partial charge in [0, 0.05) is 12.2 Å². The van der Waals surface area contributed by atoms with E-state index in [1.807, 2.05) is 42.5 Å². The highest BCUT2D eigenvalue weighted by Gasteiger charge is 2.23. The summed E-state index contributed by atoms with van der Waals surface area (Å²) < 4.78 is 5.35. The predicted octanol–water partition coefficient (Wildman–Crippen LogP) is 2.87. The largest absolute Gasteiger partial charge is 0.368 e. The minimum atomic E-state index is -0.316. The number of ether oxygens (including phenoxy) is 1. The highest BCUT2D eigenvalue weighted by atomic mass is 16.5. The number of carbonyl (C=O) groups is 1. The Morgan fingerprint density at radius 3 is 2.70 bits per heavy atom. The summed E-state index contributed by atoms with van der Waals surface area (Å²) in [5.74, 6) is -0.0863. The van der Waals surface area contributed by atoms with Crippen molar-refractivity contribution in [2.24, 2.45) is 0 Å². The minimum Gasteiger partial charge on any atom is -0.368 e. The molecule has 1 aliphatic rings. The van der Waals surface area contributed by atoms with E-state index in [2.05, 4.69) is 10.3 Å². The Morgan fingerprint density at radius 1 is 1.20 bits per heavy atom. The number of hydrogen-bond donors (Lipinski definition) is 1. The van der Waals surface area contributed by atoms with Gasteiger partial charge < -0.3 is 10.1 Å². The van der Waals surface area contributed by atoms with Gasteiger partial charge in [-0.15, -0.1) is 0 Å². The number of aromatic nitrogens is 1. The number of amides is 1. The van der Waals surface area contributed by atoms with Gasteiger partial charge in [0.1, 0.15) is 6.10 Å². The second-order valence-corrected chi connectivity index (χ2v) is 4.79. The van der Waals surface area contributed by atoms with E-state index < -0.39 is 0 Å². The first kappa shape index (κ1) is 12.8. The molecule has 1 atom stereocenters. The maximum atomic E-state index is 11.9. The summed E-state index contributed by atoms with van der Waals surface area (Å²) in [5, 5.41) is 2.84. The summed E-state index contributed by atoms with van der Waals surface area (Å²) in [5.41, 5.74) is 2.65. The zero-order chi connectivity index (χ0) is 13.8. The number of nitrogens with one attached hydrogen (secondary N) is 1. The molecule has 0 radical (unpaired) electrons. The van der Waals surface area contributed by atoms with Gasteiger partial charge in [0.15, 0.2) is 0 Å². The number of anilines is 1. The lowest BCUT2D eigenvalue weighted by atomic mass is 10.1. The van der Waals surface area contributed by atoms with Crippen molar-refractivity contribution in [3.8, 4) is 11.3 Å². The van der Waals surface area contributed by atoms with E-state index in [4.69, 9.17) is 4.74 Å². The highest BCUT2D eigenvalue weighted by molar-refractivity contribution is 5.94. The van der Waals surface area contributed by atoms with Crippen molar-refractivity contribution in [3.63, 3.8) is 0 Å². The molecule has 1 saturated heterocycles. The average Bonchev–Trinajstić information content (AvgIpc) is 3.03. The SMILES string of the molecule is O=C(Nc1ccc(-c2ccccc2)nc1)C1CCCO1. The topological polar surface area (TPSA) is 51.2 Å². The predicted molar refractivity (Wildman–Crippen MR) is 77.3 cm³/mol. The van der Waals surface area contributed by atoms with E-state index in [1.54, 1.807) is 6.20 Å². The number of hydrogen-bond acceptors (Lipinski definition) is 3. The Labute approximate surface area is 117 Å². The third-order valence-electron chi connectivity index (χ3n) is 3.32. The standard InChI is InChI=1S/C16H16N2O2/c19-16(15-7-4-10-20-15)18-13-8-9-14(17-11-13)12-5-2-1-3-6-12/h1-3,5-6,8-9,11,15H,4,7,10H2,(H,18,19). The van der Waals surface area contributed by atoms with Gasteiger partial charge in [-0.05, 0) is 25.0 Å². The Balaban J connectivity index is 1.68. The molecule has 1 aromatic carbocycles. The molecule has 102 valence electrons. The number of pyridine rings is 1. The lowest BCUT2D eigenvalue weighted by molar-refractivity contribution is -0.124. The van der Waals surface area contributed by atoms with Crippen LogP contribution in [0.2, 0.25) is 0 Å². The Hall–Kier alpha value is -2.20. The monoisotopic (exact) mass is 268 g/mol. The van der Waals surface area contributed by atoms with Gasteiger partial charge in [0.05, 0.1) is 17.6 Å². The van der Waals surface area contributed by atoms with Gasteiger partial charge in [-0.25, -0.2) is 0 Å². The number of benzene rings is 1. The smallest absolute Gasteiger partial charge is 0.253 e. The van der Waals surface area contributed by atoms with Crippen molar-refractivity contribution in [2.45, 2.75) is 18.9 Å². The second-order valence-electron chi connectivity index (χ2n) is 4.79. The van der Waals surface area contributed by atoms with Crippen molar-refractivity contribution < 1.29 is 9.53 Å². The fraction of sp³-hybridized carbons (Fsp3) is 0.250. The molecule has 2 heterocycles. The highest BCUT2D eigenvalue weighted by Crippen LogP contribution is 2.19. The fourth-order valence-corrected chi connectivity index (χ4v) is 2.25. The number of carbonyl (C=O) groups excluding carboxylic acids is 1. The molecule has 3 rings (SSSR count). The molecule has 0 bridgehead atoms. The molecule has 1 aliphatic heterocycles. The van der Waals surface area contributed by atoms with Crippen LogP contribution in [-0.4, -0.2) is 23.6 Å². The van der Waals surface area contributed by atoms with Gasteiger partial charge in [-0.3, -0.25) is 9.78 Å². The minimum absolute atomic E-state index is 0.0863. The molecule has 1 aromatic heterocycles. The molecule has 20 heavy (non-hydrogen) atoms. The first-order chi connectivity index (χ1) is 9.83. The molecular weight excluding hydrogens is 252 g/mol. The molecule has 4 nitrogen and oxygen atoms in total. The van der Waals surface area contributed by atoms with Crippen LogP contribution in [0.3, 0.4) is 0 Å². The third-order valence-corrected chi connectivity index (χ3v) is 3.32. The first-order valence-electron chi connectivity index (χ1n) is 6.77. The molecular formula is C16H16N2O2. The van der Waals surface area contributed by atoms with Crippen molar-refractivity contribution in [1.82, 2.24) is 4.98 Å². The van der Waals surface area contributed by atoms with Gasteiger partial charge in [-0.2, -0.15) is 0 Å². The Kier molecular flexibility index (Phi) is 3.74. The summed E-state index contributed by atoms with van der Waals surface area (Å²) >= 11 is 0. The fourth-order valence-electron chi connectivity index (χ4n) is 2.25. The molecule has 1 fully saturated rings. The number of rotatable bonds is 3. The molecule has 1 N–H and O–H groups in total. The van der Waals surface area contributed by atoms with E-state index in [1.165, 1.54) is 0 Å². The molecule has 2 aromatic rings. The summed E-state index contributed by atoms with van der Waals surface area (Å²) in [6.07, 6.45) is 3.10. The van der Waals surface area contributed by atoms with Crippen LogP contribution in [-0.2, 0) is 9.53 Å². The normalized spacial score (nSPS) is 17.9. The Morgan fingerprint density at radius 2 is 2.05 bits per heavy atom. The summed E-state index contributed by atoms with van der Waals surface area (Å²) in [4.78, 5) is 16.3. The maximum absolute atomic E-state index is 11.9. The van der Waals surface area contributed by atoms with Gasteiger partial charge in [0.2, 0.25) is 0 Å². The average molecular weight is 268 g/mol. The van der Waals surface area contributed by atoms with Gasteiger partial charge in [0.25, 0.3) is 5.91 Å². The molecule has 0 aliphatic carbocycles. The molecule has 0 saturated carbocycles. The zero-order valence-electron chi connectivity index (χ0n) is 11.1. The van der Waals surface area contributed by atoms with Gasteiger partial charge in [-0.1, -0.05) is 30.3 Å². The van der Waals surface area contributed by atoms with E-state index in [0.717, 1.165) is 24.1 Å². The van der Waals surface area contributed by atoms with Crippen LogP contribution in [0.4, 0.5) is 5.69 Å². The quantitative estimate of drug-likeness (QED) is 0.931. The van der Waals surface area contributed by atoms with E-state index in [-0.39, 0.29) is 12.0 Å². The van der Waals surface area contributed by atoms with Crippen molar-refractivity contribution >= 4 is 11.6 Å². The van der Waals surface area contributed by atoms with Crippen LogP contribution in [0, 0.1) is 0 Å². The summed E-state index contributed by atoms with van der Waals surface area (Å²) in [6.45, 7) is 0.670. The zero-order valence-corrected chi connectivity index (χ0v) is 11.1. The van der Waals surface area contributed by atoms with Crippen molar-refractivity contribution in [2.75, 3.05) is 11.9 Å². The lowest BCUT2D eigenvalue weighted by Crippen LogP contribution is -2.26. The molecule has 1 unspecified atom stereocenters.